The van der Waals surface area contributed by atoms with Gasteiger partial charge in [-0.05, 0) is 28.8 Å². The zero-order valence-corrected chi connectivity index (χ0v) is 17.2. The van der Waals surface area contributed by atoms with E-state index in [1.807, 2.05) is 6.07 Å². The molecule has 29 heavy (non-hydrogen) atoms. The molecule has 0 aliphatic carbocycles. The van der Waals surface area contributed by atoms with Gasteiger partial charge < -0.3 is 15.2 Å². The topological polar surface area (TPSA) is 41.5 Å². The molecule has 1 heterocycles. The largest absolute Gasteiger partial charge is 0.485 e. The van der Waals surface area contributed by atoms with Crippen molar-refractivity contribution in [2.45, 2.75) is 63.8 Å². The van der Waals surface area contributed by atoms with Gasteiger partial charge in [0.1, 0.15) is 11.9 Å². The lowest BCUT2D eigenvalue weighted by atomic mass is 9.93. The molecule has 3 heteroatoms. The number of unbranched alkanes of at least 4 members (excludes halogenated alkanes) is 3. The third kappa shape index (κ3) is 4.47. The average molecular weight is 390 g/mol. The van der Waals surface area contributed by atoms with Gasteiger partial charge in [0, 0.05) is 12.1 Å². The van der Waals surface area contributed by atoms with Crippen molar-refractivity contribution in [3.8, 4) is 5.75 Å². The van der Waals surface area contributed by atoms with Crippen LogP contribution in [0.4, 0.5) is 0 Å². The van der Waals surface area contributed by atoms with Crippen molar-refractivity contribution >= 4 is 10.8 Å². The Labute approximate surface area is 173 Å². The van der Waals surface area contributed by atoms with Crippen LogP contribution in [-0.2, 0) is 6.54 Å². The molecule has 3 aromatic rings. The van der Waals surface area contributed by atoms with Crippen LogP contribution in [0.5, 0.6) is 5.75 Å². The Hall–Kier alpha value is -2.36. The molecule has 0 bridgehead atoms. The lowest BCUT2D eigenvalue weighted by Gasteiger charge is -2.25. The second-order valence-corrected chi connectivity index (χ2v) is 8.04. The highest BCUT2D eigenvalue weighted by atomic mass is 16.5. The van der Waals surface area contributed by atoms with E-state index >= 15 is 0 Å². The Morgan fingerprint density at radius 3 is 2.55 bits per heavy atom. The quantitative estimate of drug-likeness (QED) is 0.457. The normalized spacial score (nSPS) is 19.1. The van der Waals surface area contributed by atoms with Crippen molar-refractivity contribution in [2.75, 3.05) is 0 Å². The van der Waals surface area contributed by atoms with Gasteiger partial charge in [-0.25, -0.2) is 0 Å². The molecule has 0 radical (unpaired) electrons. The maximum Gasteiger partial charge on any atom is 0.144 e. The van der Waals surface area contributed by atoms with Crippen LogP contribution in [0.2, 0.25) is 0 Å². The third-order valence-corrected chi connectivity index (χ3v) is 5.93. The molecule has 0 amide bonds. The summed E-state index contributed by atoms with van der Waals surface area (Å²) in [6, 6.07) is 23.0. The molecule has 4 rings (SSSR count). The Morgan fingerprint density at radius 1 is 0.931 bits per heavy atom. The predicted molar refractivity (Wildman–Crippen MR) is 119 cm³/mol. The van der Waals surface area contributed by atoms with Crippen molar-refractivity contribution in [3.63, 3.8) is 0 Å². The molecule has 0 aromatic heterocycles. The summed E-state index contributed by atoms with van der Waals surface area (Å²) in [7, 11) is 0. The van der Waals surface area contributed by atoms with E-state index < -0.39 is 6.10 Å². The first-order valence-electron chi connectivity index (χ1n) is 10.9. The summed E-state index contributed by atoms with van der Waals surface area (Å²) in [6.45, 7) is 2.96. The van der Waals surface area contributed by atoms with Crippen LogP contribution in [0.25, 0.3) is 10.8 Å². The number of hydrogen-bond donors (Lipinski definition) is 2. The minimum atomic E-state index is -0.480. The average Bonchev–Trinajstić information content (AvgIpc) is 3.15. The van der Waals surface area contributed by atoms with Crippen LogP contribution in [0.15, 0.2) is 66.7 Å². The summed E-state index contributed by atoms with van der Waals surface area (Å²) in [5.41, 5.74) is 2.41. The number of nitrogens with one attached hydrogen (secondary N) is 1. The fourth-order valence-corrected chi connectivity index (χ4v) is 4.37. The Bertz CT molecular complexity index is 924. The highest BCUT2D eigenvalue weighted by molar-refractivity contribution is 5.88. The van der Waals surface area contributed by atoms with Crippen LogP contribution < -0.4 is 10.1 Å². The number of benzene rings is 3. The zero-order valence-electron chi connectivity index (χ0n) is 17.2. The van der Waals surface area contributed by atoms with E-state index in [2.05, 4.69) is 72.9 Å². The van der Waals surface area contributed by atoms with Gasteiger partial charge in [0.15, 0.2) is 0 Å². The van der Waals surface area contributed by atoms with Crippen molar-refractivity contribution in [3.05, 3.63) is 77.9 Å². The van der Waals surface area contributed by atoms with Gasteiger partial charge in [-0.2, -0.15) is 0 Å². The van der Waals surface area contributed by atoms with Gasteiger partial charge in [0.2, 0.25) is 0 Å². The van der Waals surface area contributed by atoms with Crippen molar-refractivity contribution < 1.29 is 9.84 Å². The molecule has 0 saturated heterocycles. The number of ether oxygens (including phenoxy) is 1. The maximum absolute atomic E-state index is 11.0. The van der Waals surface area contributed by atoms with E-state index in [9.17, 15) is 5.11 Å². The Kier molecular flexibility index (Phi) is 6.48. The van der Waals surface area contributed by atoms with Crippen LogP contribution in [0, 0.1) is 0 Å². The first kappa shape index (κ1) is 19.9. The minimum Gasteiger partial charge on any atom is -0.485 e. The van der Waals surface area contributed by atoms with Crippen LogP contribution in [-0.4, -0.2) is 17.3 Å². The second kappa shape index (κ2) is 9.43. The first-order chi connectivity index (χ1) is 14.3. The number of rotatable bonds is 9. The van der Waals surface area contributed by atoms with Gasteiger partial charge in [0.05, 0.1) is 12.1 Å². The zero-order chi connectivity index (χ0) is 20.1. The molecule has 0 fully saturated rings. The van der Waals surface area contributed by atoms with E-state index in [-0.39, 0.29) is 12.1 Å². The van der Waals surface area contributed by atoms with Crippen LogP contribution in [0.1, 0.15) is 56.2 Å². The van der Waals surface area contributed by atoms with Gasteiger partial charge in [-0.1, -0.05) is 93.3 Å². The summed E-state index contributed by atoms with van der Waals surface area (Å²) < 4.78 is 6.32. The van der Waals surface area contributed by atoms with Crippen LogP contribution >= 0.6 is 0 Å². The van der Waals surface area contributed by atoms with Crippen LogP contribution in [0.3, 0.4) is 0 Å². The molecule has 3 nitrogen and oxygen atoms in total. The number of fused-ring (bicyclic) bond motifs is 3. The van der Waals surface area contributed by atoms with E-state index in [0.29, 0.717) is 0 Å². The molecule has 0 spiro atoms. The molecule has 152 valence electrons. The van der Waals surface area contributed by atoms with Gasteiger partial charge in [0.25, 0.3) is 0 Å². The van der Waals surface area contributed by atoms with E-state index in [0.717, 1.165) is 31.6 Å². The second-order valence-electron chi connectivity index (χ2n) is 8.04. The fraction of sp³-hybridized carbons (Fsp3) is 0.385. The van der Waals surface area contributed by atoms with Gasteiger partial charge in [-0.15, -0.1) is 0 Å². The molecule has 1 aliphatic heterocycles. The predicted octanol–water partition coefficient (Wildman–Crippen LogP) is 5.76. The van der Waals surface area contributed by atoms with E-state index in [1.165, 1.54) is 34.7 Å². The monoisotopic (exact) mass is 389 g/mol. The maximum atomic E-state index is 11.0. The molecule has 0 unspecified atom stereocenters. The molecule has 3 aromatic carbocycles. The molecule has 3 atom stereocenters. The highest BCUT2D eigenvalue weighted by Gasteiger charge is 2.39. The minimum absolute atomic E-state index is 0.0301. The lowest BCUT2D eigenvalue weighted by Crippen LogP contribution is -2.39. The lowest BCUT2D eigenvalue weighted by molar-refractivity contribution is 0.0224. The molecular weight excluding hydrogens is 358 g/mol. The van der Waals surface area contributed by atoms with Gasteiger partial charge >= 0.3 is 0 Å². The highest BCUT2D eigenvalue weighted by Crippen LogP contribution is 2.43. The summed E-state index contributed by atoms with van der Waals surface area (Å²) in [5, 5.41) is 17.1. The van der Waals surface area contributed by atoms with Gasteiger partial charge in [-0.3, -0.25) is 0 Å². The Morgan fingerprint density at radius 2 is 1.72 bits per heavy atom. The SMILES string of the molecule is CCCCCC[C@@H](O)[C@H]1Oc2ccc3ccccc3c2[C@@H]1NCc1ccccc1. The molecule has 0 saturated carbocycles. The molecular formula is C26H31NO2. The summed E-state index contributed by atoms with van der Waals surface area (Å²) >= 11 is 0. The number of aliphatic hydroxyl groups excluding tert-OH is 1. The summed E-state index contributed by atoms with van der Waals surface area (Å²) in [6.07, 6.45) is 4.66. The number of hydrogen-bond acceptors (Lipinski definition) is 3. The first-order valence-corrected chi connectivity index (χ1v) is 10.9. The Balaban J connectivity index is 1.59. The molecule has 2 N–H and O–H groups in total. The van der Waals surface area contributed by atoms with E-state index in [1.54, 1.807) is 0 Å². The number of aliphatic hydroxyl groups is 1. The third-order valence-electron chi connectivity index (χ3n) is 5.93. The van der Waals surface area contributed by atoms with E-state index in [4.69, 9.17) is 4.74 Å². The summed E-state index contributed by atoms with van der Waals surface area (Å²) in [5.74, 6) is 0.895. The standard InChI is InChI=1S/C26H31NO2/c1-2-3-4-8-15-22(28)26-25(27-18-19-11-6-5-7-12-19)24-21-14-10-9-13-20(21)16-17-23(24)29-26/h5-7,9-14,16-17,22,25-28H,2-4,8,15,18H2,1H3/t22-,25+,26-/m1/s1. The van der Waals surface area contributed by atoms with Crippen molar-refractivity contribution in [1.29, 1.82) is 0 Å². The molecule has 1 aliphatic rings. The van der Waals surface area contributed by atoms with Crippen molar-refractivity contribution in [2.24, 2.45) is 0 Å². The van der Waals surface area contributed by atoms with Crippen molar-refractivity contribution in [1.82, 2.24) is 5.32 Å². The summed E-state index contributed by atoms with van der Waals surface area (Å²) in [4.78, 5) is 0. The fourth-order valence-electron chi connectivity index (χ4n) is 4.37. The smallest absolute Gasteiger partial charge is 0.144 e.